The second-order valence-electron chi connectivity index (χ2n) is 5.79. The quantitative estimate of drug-likeness (QED) is 0.841. The summed E-state index contributed by atoms with van der Waals surface area (Å²) in [6, 6.07) is 7.51. The average molecular weight is 335 g/mol. The Morgan fingerprint density at radius 1 is 1.22 bits per heavy atom. The number of hydrogen-bond acceptors (Lipinski definition) is 4. The zero-order valence-electron chi connectivity index (χ0n) is 12.9. The van der Waals surface area contributed by atoms with Crippen molar-refractivity contribution in [1.29, 1.82) is 0 Å². The van der Waals surface area contributed by atoms with E-state index in [1.807, 2.05) is 30.3 Å². The Bertz CT molecular complexity index is 642. The van der Waals surface area contributed by atoms with Gasteiger partial charge in [0.1, 0.15) is 5.75 Å². The van der Waals surface area contributed by atoms with Crippen LogP contribution in [0.15, 0.2) is 35.4 Å². The summed E-state index contributed by atoms with van der Waals surface area (Å²) >= 11 is 6.01. The normalized spacial score (nSPS) is 23.6. The van der Waals surface area contributed by atoms with Crippen LogP contribution in [0, 0.1) is 11.8 Å². The number of halogens is 1. The third-order valence-corrected chi connectivity index (χ3v) is 4.72. The number of hydrogen-bond donors (Lipinski definition) is 1. The van der Waals surface area contributed by atoms with Gasteiger partial charge in [-0.25, -0.2) is 0 Å². The van der Waals surface area contributed by atoms with E-state index in [1.54, 1.807) is 7.11 Å². The van der Waals surface area contributed by atoms with Crippen LogP contribution in [-0.2, 0) is 9.59 Å². The number of imide groups is 1. The van der Waals surface area contributed by atoms with Crippen molar-refractivity contribution >= 4 is 29.1 Å². The highest BCUT2D eigenvalue weighted by molar-refractivity contribution is 6.30. The Labute approximate surface area is 140 Å². The molecule has 2 aliphatic rings. The van der Waals surface area contributed by atoms with Gasteiger partial charge in [0.05, 0.1) is 18.9 Å². The molecule has 2 amide bonds. The molecular weight excluding hydrogens is 316 g/mol. The first-order valence-electron chi connectivity index (χ1n) is 7.68. The van der Waals surface area contributed by atoms with Crippen LogP contribution in [0.2, 0.25) is 0 Å². The van der Waals surface area contributed by atoms with Gasteiger partial charge in [0.25, 0.3) is 0 Å². The van der Waals surface area contributed by atoms with Crippen molar-refractivity contribution < 1.29 is 14.3 Å². The van der Waals surface area contributed by atoms with E-state index in [2.05, 4.69) is 5.32 Å². The molecule has 1 aliphatic carbocycles. The number of ether oxygens (including phenoxy) is 1. The smallest absolute Gasteiger partial charge is 0.233 e. The van der Waals surface area contributed by atoms with Crippen molar-refractivity contribution in [2.75, 3.05) is 25.5 Å². The van der Waals surface area contributed by atoms with E-state index >= 15 is 0 Å². The fourth-order valence-corrected chi connectivity index (χ4v) is 3.39. The molecular formula is C17H19ClN2O3. The van der Waals surface area contributed by atoms with Gasteiger partial charge < -0.3 is 10.1 Å². The molecule has 1 heterocycles. The molecule has 1 aromatic rings. The van der Waals surface area contributed by atoms with Crippen LogP contribution in [0.4, 0.5) is 5.69 Å². The summed E-state index contributed by atoms with van der Waals surface area (Å²) in [5, 5.41) is 3.90. The number of nitrogens with one attached hydrogen (secondary N) is 1. The molecule has 0 aromatic heterocycles. The number of amides is 2. The molecule has 23 heavy (non-hydrogen) atoms. The van der Waals surface area contributed by atoms with E-state index in [0.717, 1.165) is 11.4 Å². The zero-order valence-corrected chi connectivity index (χ0v) is 13.7. The molecule has 6 heteroatoms. The number of nitrogens with zero attached hydrogens (tertiary/aromatic N) is 1. The molecule has 3 rings (SSSR count). The second kappa shape index (κ2) is 6.62. The van der Waals surface area contributed by atoms with Crippen molar-refractivity contribution in [2.45, 2.75) is 12.8 Å². The Morgan fingerprint density at radius 3 is 2.61 bits per heavy atom. The van der Waals surface area contributed by atoms with Crippen LogP contribution in [0.25, 0.3) is 0 Å². The van der Waals surface area contributed by atoms with Crippen LogP contribution in [0.3, 0.4) is 0 Å². The van der Waals surface area contributed by atoms with E-state index in [9.17, 15) is 9.59 Å². The maximum atomic E-state index is 12.4. The third kappa shape index (κ3) is 3.20. The molecule has 0 unspecified atom stereocenters. The summed E-state index contributed by atoms with van der Waals surface area (Å²) < 4.78 is 5.10. The number of likely N-dealkylation sites (tertiary alicyclic amines) is 1. The summed E-state index contributed by atoms with van der Waals surface area (Å²) in [6.07, 6.45) is 2.91. The minimum Gasteiger partial charge on any atom is -0.497 e. The fourth-order valence-electron chi connectivity index (χ4n) is 3.14. The summed E-state index contributed by atoms with van der Waals surface area (Å²) in [7, 11) is 1.62. The number of anilines is 1. The molecule has 5 nitrogen and oxygen atoms in total. The number of carbonyl (C=O) groups excluding carboxylic acids is 2. The molecule has 1 aliphatic heterocycles. The van der Waals surface area contributed by atoms with E-state index in [1.165, 1.54) is 4.90 Å². The van der Waals surface area contributed by atoms with Crippen LogP contribution < -0.4 is 10.1 Å². The molecule has 1 N–H and O–H groups in total. The number of benzene rings is 1. The van der Waals surface area contributed by atoms with Gasteiger partial charge in [-0.1, -0.05) is 17.7 Å². The number of methoxy groups -OCH3 is 1. The summed E-state index contributed by atoms with van der Waals surface area (Å²) in [6.45, 7) is 0.888. The van der Waals surface area contributed by atoms with Crippen LogP contribution in [0.5, 0.6) is 5.75 Å². The van der Waals surface area contributed by atoms with Crippen LogP contribution >= 0.6 is 11.6 Å². The third-order valence-electron chi connectivity index (χ3n) is 4.41. The first kappa shape index (κ1) is 15.9. The molecule has 1 aromatic carbocycles. The highest BCUT2D eigenvalue weighted by Gasteiger charge is 2.47. The van der Waals surface area contributed by atoms with Gasteiger partial charge in [-0.3, -0.25) is 14.5 Å². The average Bonchev–Trinajstić information content (AvgIpc) is 2.80. The minimum atomic E-state index is -0.277. The highest BCUT2D eigenvalue weighted by Crippen LogP contribution is 2.38. The number of carbonyl (C=O) groups is 2. The van der Waals surface area contributed by atoms with E-state index in [-0.39, 0.29) is 23.7 Å². The fraction of sp³-hybridized carbons (Fsp3) is 0.412. The van der Waals surface area contributed by atoms with Crippen molar-refractivity contribution in [3.8, 4) is 5.75 Å². The molecule has 1 saturated heterocycles. The van der Waals surface area contributed by atoms with Gasteiger partial charge in [0.2, 0.25) is 11.8 Å². The monoisotopic (exact) mass is 334 g/mol. The minimum absolute atomic E-state index is 0.0723. The van der Waals surface area contributed by atoms with Gasteiger partial charge in [0.15, 0.2) is 0 Å². The van der Waals surface area contributed by atoms with Crippen molar-refractivity contribution in [3.05, 3.63) is 35.4 Å². The largest absolute Gasteiger partial charge is 0.497 e. The summed E-state index contributed by atoms with van der Waals surface area (Å²) in [5.41, 5.74) is 0.923. The predicted octanol–water partition coefficient (Wildman–Crippen LogP) is 2.62. The van der Waals surface area contributed by atoms with Gasteiger partial charge >= 0.3 is 0 Å². The second-order valence-corrected chi connectivity index (χ2v) is 6.27. The standard InChI is InChI=1S/C17H19ClN2O3/c1-23-13-5-3-12(4-6-13)19-8-9-20-16(21)14-7-2-11(18)10-15(14)17(20)22/h2-6,14-15,19H,7-10H2,1H3/t14-,15-/m1/s1. The number of rotatable bonds is 5. The lowest BCUT2D eigenvalue weighted by atomic mass is 9.85. The zero-order chi connectivity index (χ0) is 16.4. The molecule has 0 bridgehead atoms. The predicted molar refractivity (Wildman–Crippen MR) is 88.4 cm³/mol. The van der Waals surface area contributed by atoms with Crippen LogP contribution in [-0.4, -0.2) is 36.9 Å². The topological polar surface area (TPSA) is 58.6 Å². The van der Waals surface area contributed by atoms with E-state index in [0.29, 0.717) is 31.0 Å². The Morgan fingerprint density at radius 2 is 1.91 bits per heavy atom. The van der Waals surface area contributed by atoms with Crippen LogP contribution in [0.1, 0.15) is 12.8 Å². The Hall–Kier alpha value is -2.01. The van der Waals surface area contributed by atoms with Gasteiger partial charge in [-0.15, -0.1) is 0 Å². The lowest BCUT2D eigenvalue weighted by molar-refractivity contribution is -0.139. The Balaban J connectivity index is 1.56. The van der Waals surface area contributed by atoms with E-state index < -0.39 is 0 Å². The first-order chi connectivity index (χ1) is 11.1. The lowest BCUT2D eigenvalue weighted by Gasteiger charge is -2.17. The van der Waals surface area contributed by atoms with Gasteiger partial charge in [-0.2, -0.15) is 0 Å². The molecule has 122 valence electrons. The Kier molecular flexibility index (Phi) is 4.57. The number of fused-ring (bicyclic) bond motifs is 1. The SMILES string of the molecule is COc1ccc(NCCN2C(=O)[C@@H]3CC=C(Cl)C[C@H]3C2=O)cc1. The number of allylic oxidation sites excluding steroid dienone is 2. The van der Waals surface area contributed by atoms with E-state index in [4.69, 9.17) is 16.3 Å². The highest BCUT2D eigenvalue weighted by atomic mass is 35.5. The summed E-state index contributed by atoms with van der Waals surface area (Å²) in [4.78, 5) is 26.1. The molecule has 0 radical (unpaired) electrons. The molecule has 1 fully saturated rings. The first-order valence-corrected chi connectivity index (χ1v) is 8.05. The van der Waals surface area contributed by atoms with Gasteiger partial charge in [0, 0.05) is 23.8 Å². The lowest BCUT2D eigenvalue weighted by Crippen LogP contribution is -2.35. The van der Waals surface area contributed by atoms with Crippen molar-refractivity contribution in [1.82, 2.24) is 4.90 Å². The van der Waals surface area contributed by atoms with Crippen molar-refractivity contribution in [2.24, 2.45) is 11.8 Å². The maximum absolute atomic E-state index is 12.4. The maximum Gasteiger partial charge on any atom is 0.233 e. The van der Waals surface area contributed by atoms with Crippen molar-refractivity contribution in [3.63, 3.8) is 0 Å². The molecule has 0 spiro atoms. The molecule has 2 atom stereocenters. The summed E-state index contributed by atoms with van der Waals surface area (Å²) in [5.74, 6) is 0.112. The molecule has 0 saturated carbocycles. The van der Waals surface area contributed by atoms with Gasteiger partial charge in [-0.05, 0) is 37.1 Å².